The van der Waals surface area contributed by atoms with Gasteiger partial charge in [-0.05, 0) is 35.0 Å². The number of aromatic nitrogens is 4. The second-order valence-corrected chi connectivity index (χ2v) is 7.96. The fourth-order valence-electron chi connectivity index (χ4n) is 1.83. The predicted molar refractivity (Wildman–Crippen MR) is 77.0 cm³/mol. The molecule has 0 aliphatic heterocycles. The Morgan fingerprint density at radius 2 is 2.14 bits per heavy atom. The molecule has 1 aliphatic carbocycles. The quantitative estimate of drug-likeness (QED) is 0.801. The third-order valence-corrected chi connectivity index (χ3v) is 5.30. The van der Waals surface area contributed by atoms with Crippen molar-refractivity contribution in [3.63, 3.8) is 0 Å². The number of amides is 1. The van der Waals surface area contributed by atoms with Crippen molar-refractivity contribution in [2.75, 3.05) is 0 Å². The van der Waals surface area contributed by atoms with Crippen molar-refractivity contribution in [2.24, 2.45) is 5.92 Å². The van der Waals surface area contributed by atoms with E-state index in [2.05, 4.69) is 15.5 Å². The van der Waals surface area contributed by atoms with E-state index in [0.29, 0.717) is 5.69 Å². The van der Waals surface area contributed by atoms with E-state index in [9.17, 15) is 13.2 Å². The Balaban J connectivity index is 1.84. The van der Waals surface area contributed by atoms with Crippen LogP contribution < -0.4 is 4.72 Å². The molecule has 1 atom stereocenters. The number of halogens is 2. The van der Waals surface area contributed by atoms with E-state index >= 15 is 0 Å². The lowest BCUT2D eigenvalue weighted by Gasteiger charge is -2.08. The number of benzene rings is 1. The summed E-state index contributed by atoms with van der Waals surface area (Å²) < 4.78 is 26.5. The summed E-state index contributed by atoms with van der Waals surface area (Å²) in [6, 6.07) is 5.83. The van der Waals surface area contributed by atoms with Gasteiger partial charge >= 0.3 is 0 Å². The smallest absolute Gasteiger partial charge is 0.264 e. The van der Waals surface area contributed by atoms with Gasteiger partial charge in [0.25, 0.3) is 10.0 Å². The Hall–Kier alpha value is -1.71. The van der Waals surface area contributed by atoms with Crippen LogP contribution in [0.3, 0.4) is 0 Å². The van der Waals surface area contributed by atoms with Gasteiger partial charge < -0.3 is 0 Å². The van der Waals surface area contributed by atoms with Crippen LogP contribution in [0.2, 0.25) is 0 Å². The number of hydrogen-bond donors (Lipinski definition) is 1. The topological polar surface area (TPSA) is 107 Å². The maximum Gasteiger partial charge on any atom is 0.264 e. The standard InChI is InChI=1S/C11H9Cl2N5O3S/c12-11(13)5-9(11)10(19)15-22(20,21)8-3-1-2-7(4-8)18-6-14-16-17-18/h1-4,6,9H,5H2,(H,15,19). The second kappa shape index (κ2) is 5.18. The van der Waals surface area contributed by atoms with E-state index in [0.717, 1.165) is 0 Å². The largest absolute Gasteiger partial charge is 0.274 e. The fourth-order valence-corrected chi connectivity index (χ4v) is 3.40. The molecule has 116 valence electrons. The lowest BCUT2D eigenvalue weighted by Crippen LogP contribution is -2.33. The lowest BCUT2D eigenvalue weighted by atomic mass is 10.3. The molecule has 1 aromatic carbocycles. The minimum Gasteiger partial charge on any atom is -0.274 e. The molecule has 1 saturated carbocycles. The molecular formula is C11H9Cl2N5O3S. The van der Waals surface area contributed by atoms with Gasteiger partial charge in [-0.1, -0.05) is 6.07 Å². The van der Waals surface area contributed by atoms with Crippen molar-refractivity contribution in [3.8, 4) is 5.69 Å². The summed E-state index contributed by atoms with van der Waals surface area (Å²) in [4.78, 5) is 11.7. The first-order valence-corrected chi connectivity index (χ1v) is 8.31. The summed E-state index contributed by atoms with van der Waals surface area (Å²) in [7, 11) is -4.03. The molecule has 0 spiro atoms. The number of nitrogens with zero attached hydrogens (tertiary/aromatic N) is 4. The van der Waals surface area contributed by atoms with E-state index in [1.165, 1.54) is 29.2 Å². The Labute approximate surface area is 135 Å². The van der Waals surface area contributed by atoms with Gasteiger partial charge in [0, 0.05) is 0 Å². The summed E-state index contributed by atoms with van der Waals surface area (Å²) in [6.45, 7) is 0. The van der Waals surface area contributed by atoms with Crippen LogP contribution in [-0.2, 0) is 14.8 Å². The van der Waals surface area contributed by atoms with Crippen LogP contribution >= 0.6 is 23.2 Å². The summed E-state index contributed by atoms with van der Waals surface area (Å²) in [6.07, 6.45) is 1.55. The maximum atomic E-state index is 12.2. The van der Waals surface area contributed by atoms with Crippen LogP contribution in [0, 0.1) is 5.92 Å². The number of sulfonamides is 1. The SMILES string of the molecule is O=C(NS(=O)(=O)c1cccc(-n2cnnn2)c1)C1CC1(Cl)Cl. The Bertz CT molecular complexity index is 822. The second-order valence-electron chi connectivity index (χ2n) is 4.74. The number of tetrazole rings is 1. The van der Waals surface area contributed by atoms with Gasteiger partial charge in [-0.25, -0.2) is 17.8 Å². The highest BCUT2D eigenvalue weighted by Crippen LogP contribution is 2.53. The minimum atomic E-state index is -4.03. The fraction of sp³-hybridized carbons (Fsp3) is 0.273. The van der Waals surface area contributed by atoms with Gasteiger partial charge in [-0.3, -0.25) is 4.79 Å². The van der Waals surface area contributed by atoms with Crippen molar-refractivity contribution < 1.29 is 13.2 Å². The van der Waals surface area contributed by atoms with E-state index in [1.807, 2.05) is 4.72 Å². The van der Waals surface area contributed by atoms with Gasteiger partial charge in [0.2, 0.25) is 5.91 Å². The molecule has 1 N–H and O–H groups in total. The van der Waals surface area contributed by atoms with Crippen LogP contribution in [0.15, 0.2) is 35.5 Å². The van der Waals surface area contributed by atoms with E-state index in [1.54, 1.807) is 6.07 Å². The van der Waals surface area contributed by atoms with Crippen molar-refractivity contribution in [1.82, 2.24) is 24.9 Å². The lowest BCUT2D eigenvalue weighted by molar-refractivity contribution is -0.120. The van der Waals surface area contributed by atoms with Crippen molar-refractivity contribution in [3.05, 3.63) is 30.6 Å². The van der Waals surface area contributed by atoms with E-state index in [-0.39, 0.29) is 11.3 Å². The zero-order chi connectivity index (χ0) is 16.0. The maximum absolute atomic E-state index is 12.2. The monoisotopic (exact) mass is 361 g/mol. The molecule has 1 aromatic heterocycles. The molecule has 0 radical (unpaired) electrons. The Morgan fingerprint density at radius 1 is 1.41 bits per heavy atom. The van der Waals surface area contributed by atoms with Gasteiger partial charge in [0.05, 0.1) is 16.5 Å². The third-order valence-electron chi connectivity index (χ3n) is 3.12. The first kappa shape index (κ1) is 15.2. The molecule has 11 heteroatoms. The highest BCUT2D eigenvalue weighted by atomic mass is 35.5. The van der Waals surface area contributed by atoms with Gasteiger partial charge in [0.1, 0.15) is 10.7 Å². The molecule has 0 bridgehead atoms. The summed E-state index contributed by atoms with van der Waals surface area (Å²) in [5.74, 6) is -1.45. The highest BCUT2D eigenvalue weighted by molar-refractivity contribution is 7.90. The average Bonchev–Trinajstić information content (AvgIpc) is 2.90. The molecule has 1 aliphatic rings. The van der Waals surface area contributed by atoms with Crippen LogP contribution in [0.5, 0.6) is 0 Å². The molecule has 2 aromatic rings. The molecule has 22 heavy (non-hydrogen) atoms. The zero-order valence-corrected chi connectivity index (χ0v) is 13.2. The number of alkyl halides is 2. The summed E-state index contributed by atoms with van der Waals surface area (Å²) >= 11 is 11.5. The number of carbonyl (C=O) groups excluding carboxylic acids is 1. The van der Waals surface area contributed by atoms with Gasteiger partial charge in [-0.15, -0.1) is 28.3 Å². The molecular weight excluding hydrogens is 353 g/mol. The van der Waals surface area contributed by atoms with Crippen LogP contribution in [-0.4, -0.2) is 38.9 Å². The molecule has 8 nitrogen and oxygen atoms in total. The van der Waals surface area contributed by atoms with Crippen molar-refractivity contribution in [1.29, 1.82) is 0 Å². The van der Waals surface area contributed by atoms with Crippen molar-refractivity contribution in [2.45, 2.75) is 15.6 Å². The predicted octanol–water partition coefficient (Wildman–Crippen LogP) is 0.661. The normalized spacial score (nSPS) is 19.6. The Kier molecular flexibility index (Phi) is 3.58. The van der Waals surface area contributed by atoms with E-state index < -0.39 is 26.2 Å². The van der Waals surface area contributed by atoms with Gasteiger partial charge in [0.15, 0.2) is 0 Å². The van der Waals surface area contributed by atoms with Crippen LogP contribution in [0.1, 0.15) is 6.42 Å². The zero-order valence-electron chi connectivity index (χ0n) is 10.8. The Morgan fingerprint density at radius 3 is 2.73 bits per heavy atom. The molecule has 0 saturated heterocycles. The number of rotatable bonds is 4. The number of nitrogens with one attached hydrogen (secondary N) is 1. The van der Waals surface area contributed by atoms with Crippen molar-refractivity contribution >= 4 is 39.1 Å². The molecule has 1 amide bonds. The first-order chi connectivity index (χ1) is 10.3. The van der Waals surface area contributed by atoms with Crippen LogP contribution in [0.25, 0.3) is 5.69 Å². The summed E-state index contributed by atoms with van der Waals surface area (Å²) in [5.41, 5.74) is 0.441. The molecule has 1 unspecified atom stereocenters. The summed E-state index contributed by atoms with van der Waals surface area (Å²) in [5, 5.41) is 10.6. The average molecular weight is 362 g/mol. The molecule has 1 heterocycles. The van der Waals surface area contributed by atoms with Crippen LogP contribution in [0.4, 0.5) is 0 Å². The molecule has 3 rings (SSSR count). The minimum absolute atomic E-state index is 0.0933. The third kappa shape index (κ3) is 2.92. The number of hydrogen-bond acceptors (Lipinski definition) is 6. The first-order valence-electron chi connectivity index (χ1n) is 6.07. The van der Waals surface area contributed by atoms with E-state index in [4.69, 9.17) is 23.2 Å². The highest BCUT2D eigenvalue weighted by Gasteiger charge is 2.57. The number of carbonyl (C=O) groups is 1. The van der Waals surface area contributed by atoms with Gasteiger partial charge in [-0.2, -0.15) is 0 Å². The molecule has 1 fully saturated rings.